The highest BCUT2D eigenvalue weighted by Crippen LogP contribution is 2.20. The third-order valence-electron chi connectivity index (χ3n) is 5.20. The minimum Gasteiger partial charge on any atom is -0.388 e. The van der Waals surface area contributed by atoms with E-state index in [1.54, 1.807) is 87.0 Å². The van der Waals surface area contributed by atoms with Crippen molar-refractivity contribution in [3.8, 4) is 0 Å². The zero-order valence-corrected chi connectivity index (χ0v) is 20.7. The molecule has 0 spiro atoms. The molecule has 4 aromatic rings. The van der Waals surface area contributed by atoms with Gasteiger partial charge in [0.15, 0.2) is 11.6 Å². The number of aryl methyl sites for hydroxylation is 1. The molecule has 0 aliphatic carbocycles. The zero-order valence-electron chi connectivity index (χ0n) is 20.7. The van der Waals surface area contributed by atoms with Crippen LogP contribution in [0.1, 0.15) is 49.6 Å². The molecule has 0 saturated carbocycles. The average Bonchev–Trinajstić information content (AvgIpc) is 2.94. The van der Waals surface area contributed by atoms with Gasteiger partial charge in [0.2, 0.25) is 0 Å². The van der Waals surface area contributed by atoms with Crippen molar-refractivity contribution in [3.05, 3.63) is 143 Å². The van der Waals surface area contributed by atoms with Crippen LogP contribution in [0.15, 0.2) is 115 Å². The molecule has 0 heterocycles. The third-order valence-corrected chi connectivity index (χ3v) is 5.20. The average molecular weight is 485 g/mol. The first-order valence-electron chi connectivity index (χ1n) is 11.5. The predicted octanol–water partition coefficient (Wildman–Crippen LogP) is 5.78. The van der Waals surface area contributed by atoms with Crippen LogP contribution in [0.2, 0.25) is 0 Å². The Labute approximate surface area is 212 Å². The first-order valence-corrected chi connectivity index (χ1v) is 11.5. The number of aliphatic hydroxyl groups is 2. The molecule has 0 saturated heterocycles. The highest BCUT2D eigenvalue weighted by Gasteiger charge is 2.20. The number of hydrogen-bond donors (Lipinski definition) is 2. The second kappa shape index (κ2) is 15.2. The summed E-state index contributed by atoms with van der Waals surface area (Å²) >= 11 is 0. The van der Waals surface area contributed by atoms with Gasteiger partial charge in [-0.15, -0.1) is 0 Å². The number of rotatable bonds is 6. The van der Waals surface area contributed by atoms with Crippen molar-refractivity contribution in [2.24, 2.45) is 0 Å². The summed E-state index contributed by atoms with van der Waals surface area (Å²) in [5.74, 6) is -0.527. The van der Waals surface area contributed by atoms with E-state index in [-0.39, 0.29) is 11.6 Å². The van der Waals surface area contributed by atoms with E-state index < -0.39 is 12.2 Å². The summed E-state index contributed by atoms with van der Waals surface area (Å²) in [6.07, 6.45) is -2.17. The van der Waals surface area contributed by atoms with Crippen LogP contribution in [0.5, 0.6) is 0 Å². The number of ether oxygens (including phenoxy) is 1. The van der Waals surface area contributed by atoms with Crippen molar-refractivity contribution in [3.63, 3.8) is 0 Å². The Kier molecular flexibility index (Phi) is 11.9. The molecule has 2 N–H and O–H groups in total. The normalized spacial score (nSPS) is 11.6. The number of hydrogen-bond acceptors (Lipinski definition) is 5. The predicted molar refractivity (Wildman–Crippen MR) is 142 cm³/mol. The van der Waals surface area contributed by atoms with Gasteiger partial charge in [0, 0.05) is 25.3 Å². The largest absolute Gasteiger partial charge is 0.388 e. The monoisotopic (exact) mass is 484 g/mol. The number of carbonyl (C=O) groups is 2. The quantitative estimate of drug-likeness (QED) is 0.339. The summed E-state index contributed by atoms with van der Waals surface area (Å²) in [5.41, 5.74) is 3.23. The SMILES string of the molecule is COC.Cc1ccccc1C(=O)C(O)c1ccccc1.O=C(c1ccccc1)C(O)c1ccccc1. The van der Waals surface area contributed by atoms with Crippen molar-refractivity contribution in [2.45, 2.75) is 19.1 Å². The lowest BCUT2D eigenvalue weighted by Gasteiger charge is -2.11. The third kappa shape index (κ3) is 8.40. The summed E-state index contributed by atoms with van der Waals surface area (Å²) < 4.78 is 4.25. The van der Waals surface area contributed by atoms with Crippen LogP contribution in [-0.2, 0) is 4.74 Å². The Bertz CT molecular complexity index is 1190. The summed E-state index contributed by atoms with van der Waals surface area (Å²) in [6.45, 7) is 1.87. The van der Waals surface area contributed by atoms with E-state index in [0.717, 1.165) is 5.56 Å². The Morgan fingerprint density at radius 2 is 0.944 bits per heavy atom. The number of aliphatic hydroxyl groups excluding tert-OH is 2. The molecule has 2 atom stereocenters. The maximum absolute atomic E-state index is 12.1. The molecule has 4 rings (SSSR count). The molecule has 0 bridgehead atoms. The standard InChI is InChI=1S/C15H14O2.C14H12O2.C2H6O/c1-11-7-5-6-10-13(11)15(17)14(16)12-8-3-2-4-9-12;15-13(11-7-3-1-4-8-11)14(16)12-9-5-2-6-10-12;1-3-2/h2-10,14,16H,1H3;1-10,13,15H;1-2H3. The van der Waals surface area contributed by atoms with Crippen LogP contribution in [0.4, 0.5) is 0 Å². The molecular weight excluding hydrogens is 452 g/mol. The van der Waals surface area contributed by atoms with Gasteiger partial charge in [0.05, 0.1) is 0 Å². The van der Waals surface area contributed by atoms with E-state index in [1.807, 2.05) is 49.4 Å². The number of methoxy groups -OCH3 is 1. The van der Waals surface area contributed by atoms with Gasteiger partial charge in [-0.3, -0.25) is 9.59 Å². The fraction of sp³-hybridized carbons (Fsp3) is 0.161. The zero-order chi connectivity index (χ0) is 26.3. The Morgan fingerprint density at radius 1 is 0.583 bits per heavy atom. The molecule has 0 fully saturated rings. The first-order chi connectivity index (χ1) is 17.4. The molecule has 4 aromatic carbocycles. The highest BCUT2D eigenvalue weighted by molar-refractivity contribution is 6.01. The summed E-state index contributed by atoms with van der Waals surface area (Å²) in [5, 5.41) is 19.9. The molecule has 2 unspecified atom stereocenters. The minimum atomic E-state index is -1.09. The lowest BCUT2D eigenvalue weighted by atomic mass is 9.97. The lowest BCUT2D eigenvalue weighted by Crippen LogP contribution is -2.13. The summed E-state index contributed by atoms with van der Waals surface area (Å²) in [7, 11) is 3.25. The van der Waals surface area contributed by atoms with E-state index in [4.69, 9.17) is 0 Å². The second-order valence-corrected chi connectivity index (χ2v) is 7.94. The Morgan fingerprint density at radius 3 is 1.39 bits per heavy atom. The van der Waals surface area contributed by atoms with Crippen LogP contribution in [-0.4, -0.2) is 36.0 Å². The van der Waals surface area contributed by atoms with Gasteiger partial charge in [0.25, 0.3) is 0 Å². The molecule has 0 aliphatic rings. The van der Waals surface area contributed by atoms with Crippen LogP contribution in [0.3, 0.4) is 0 Å². The first kappa shape index (κ1) is 28.3. The molecule has 186 valence electrons. The summed E-state index contributed by atoms with van der Waals surface area (Å²) in [4.78, 5) is 24.0. The number of carbonyl (C=O) groups excluding carboxylic acids is 2. The fourth-order valence-corrected chi connectivity index (χ4v) is 3.33. The lowest BCUT2D eigenvalue weighted by molar-refractivity contribution is 0.0743. The van der Waals surface area contributed by atoms with Crippen LogP contribution in [0.25, 0.3) is 0 Å². The van der Waals surface area contributed by atoms with Crippen molar-refractivity contribution in [1.29, 1.82) is 0 Å². The van der Waals surface area contributed by atoms with E-state index >= 15 is 0 Å². The summed E-state index contributed by atoms with van der Waals surface area (Å²) in [6, 6.07) is 34.0. The van der Waals surface area contributed by atoms with Gasteiger partial charge >= 0.3 is 0 Å². The molecule has 5 nitrogen and oxygen atoms in total. The molecule has 5 heteroatoms. The van der Waals surface area contributed by atoms with Gasteiger partial charge in [0.1, 0.15) is 12.2 Å². The molecule has 0 radical (unpaired) electrons. The molecule has 36 heavy (non-hydrogen) atoms. The topological polar surface area (TPSA) is 83.8 Å². The van der Waals surface area contributed by atoms with E-state index in [0.29, 0.717) is 22.3 Å². The van der Waals surface area contributed by atoms with Crippen LogP contribution in [0, 0.1) is 6.92 Å². The van der Waals surface area contributed by atoms with Crippen molar-refractivity contribution in [1.82, 2.24) is 0 Å². The highest BCUT2D eigenvalue weighted by atomic mass is 16.4. The van der Waals surface area contributed by atoms with Gasteiger partial charge in [-0.05, 0) is 23.6 Å². The van der Waals surface area contributed by atoms with Crippen LogP contribution < -0.4 is 0 Å². The smallest absolute Gasteiger partial charge is 0.196 e. The number of benzene rings is 4. The fourth-order valence-electron chi connectivity index (χ4n) is 3.33. The van der Waals surface area contributed by atoms with E-state index in [1.165, 1.54) is 0 Å². The van der Waals surface area contributed by atoms with Gasteiger partial charge in [-0.1, -0.05) is 115 Å². The Hall–Kier alpha value is -3.90. The molecule has 0 aliphatic heterocycles. The van der Waals surface area contributed by atoms with E-state index in [2.05, 4.69) is 4.74 Å². The van der Waals surface area contributed by atoms with Crippen molar-refractivity contribution < 1.29 is 24.5 Å². The maximum Gasteiger partial charge on any atom is 0.196 e. The maximum atomic E-state index is 12.1. The molecule has 0 amide bonds. The van der Waals surface area contributed by atoms with Gasteiger partial charge in [-0.2, -0.15) is 0 Å². The Balaban J connectivity index is 0.000000229. The van der Waals surface area contributed by atoms with Crippen molar-refractivity contribution >= 4 is 11.6 Å². The van der Waals surface area contributed by atoms with Crippen LogP contribution >= 0.6 is 0 Å². The van der Waals surface area contributed by atoms with E-state index in [9.17, 15) is 19.8 Å². The van der Waals surface area contributed by atoms with Gasteiger partial charge < -0.3 is 14.9 Å². The second-order valence-electron chi connectivity index (χ2n) is 7.94. The number of Topliss-reactive ketones (excluding diaryl/α,β-unsaturated/α-hetero) is 2. The minimum absolute atomic E-state index is 0.255. The number of ketones is 2. The molecular formula is C31H32O5. The molecule has 0 aromatic heterocycles. The van der Waals surface area contributed by atoms with Crippen molar-refractivity contribution in [2.75, 3.05) is 14.2 Å². The van der Waals surface area contributed by atoms with Gasteiger partial charge in [-0.25, -0.2) is 0 Å².